The first kappa shape index (κ1) is 100. The molecule has 17 nitrogen and oxygen atoms in total. The summed E-state index contributed by atoms with van der Waals surface area (Å²) in [6, 6.07) is 0. The van der Waals surface area contributed by atoms with E-state index >= 15 is 0 Å². The van der Waals surface area contributed by atoms with Gasteiger partial charge in [-0.15, -0.1) is 0 Å². The van der Waals surface area contributed by atoms with E-state index in [-0.39, 0.29) is 25.7 Å². The number of unbranched alkanes of at least 4 members (excludes halogenated alkanes) is 52. The molecule has 0 amide bonds. The number of ether oxygens (including phenoxy) is 4. The largest absolute Gasteiger partial charge is 0.472 e. The van der Waals surface area contributed by atoms with Gasteiger partial charge in [-0.05, 0) is 37.5 Å². The predicted octanol–water partition coefficient (Wildman–Crippen LogP) is 25.1. The van der Waals surface area contributed by atoms with E-state index < -0.39 is 97.5 Å². The number of aliphatic hydroxyl groups excluding tert-OH is 1. The van der Waals surface area contributed by atoms with Crippen molar-refractivity contribution in [2.45, 2.75) is 458 Å². The third-order valence-electron chi connectivity index (χ3n) is 19.5. The van der Waals surface area contributed by atoms with Crippen LogP contribution in [0.2, 0.25) is 0 Å². The lowest BCUT2D eigenvalue weighted by molar-refractivity contribution is -0.161. The maximum Gasteiger partial charge on any atom is 0.472 e. The van der Waals surface area contributed by atoms with Crippen LogP contribution in [-0.4, -0.2) is 96.7 Å². The van der Waals surface area contributed by atoms with Crippen LogP contribution in [0.25, 0.3) is 0 Å². The SMILES string of the molecule is CCCCCCCCCCCCCCCCCCC(=O)O[C@H](COC(=O)CCCCCCCCCCCC)COP(=O)(O)OC[C@H](O)COP(=O)(O)OC[C@@H](COC(=O)CCCCCCCCCCCCCCCCCC(C)C)OC(=O)CCCCCCCCCCCCCCCCCC(C)C. The highest BCUT2D eigenvalue weighted by Crippen LogP contribution is 2.45. The van der Waals surface area contributed by atoms with E-state index in [4.69, 9.17) is 37.0 Å². The van der Waals surface area contributed by atoms with Crippen molar-refractivity contribution in [1.29, 1.82) is 0 Å². The Balaban J connectivity index is 5.24. The van der Waals surface area contributed by atoms with Crippen molar-refractivity contribution in [2.24, 2.45) is 11.8 Å². The Morgan fingerprint density at radius 2 is 0.451 bits per heavy atom. The fraction of sp³-hybridized carbons (Fsp3) is 0.952. The summed E-state index contributed by atoms with van der Waals surface area (Å²) in [6.07, 6.45) is 65.1. The number of carbonyl (C=O) groups is 4. The van der Waals surface area contributed by atoms with Gasteiger partial charge in [0, 0.05) is 25.7 Å². The number of esters is 4. The van der Waals surface area contributed by atoms with Crippen molar-refractivity contribution < 1.29 is 80.2 Å². The average Bonchev–Trinajstić information content (AvgIpc) is 0.917. The van der Waals surface area contributed by atoms with E-state index in [0.29, 0.717) is 25.7 Å². The first-order chi connectivity index (χ1) is 49.4. The molecule has 0 spiro atoms. The number of rotatable bonds is 82. The van der Waals surface area contributed by atoms with Gasteiger partial charge < -0.3 is 33.8 Å². The Morgan fingerprint density at radius 1 is 0.265 bits per heavy atom. The third kappa shape index (κ3) is 76.3. The first-order valence-corrected chi connectivity index (χ1v) is 46.0. The molecule has 0 radical (unpaired) electrons. The van der Waals surface area contributed by atoms with Gasteiger partial charge in [0.05, 0.1) is 26.4 Å². The molecule has 0 bridgehead atoms. The van der Waals surface area contributed by atoms with Crippen molar-refractivity contribution in [1.82, 2.24) is 0 Å². The van der Waals surface area contributed by atoms with E-state index in [2.05, 4.69) is 41.5 Å². The number of phosphoric ester groups is 2. The molecular formula is C83H162O17P2. The summed E-state index contributed by atoms with van der Waals surface area (Å²) < 4.78 is 68.8. The van der Waals surface area contributed by atoms with E-state index in [1.54, 1.807) is 0 Å². The maximum atomic E-state index is 13.1. The summed E-state index contributed by atoms with van der Waals surface area (Å²) in [5.74, 6) is -0.495. The van der Waals surface area contributed by atoms with Gasteiger partial charge >= 0.3 is 39.5 Å². The van der Waals surface area contributed by atoms with Gasteiger partial charge in [-0.1, -0.05) is 388 Å². The first-order valence-electron chi connectivity index (χ1n) is 43.0. The molecular weight excluding hydrogens is 1330 g/mol. The second-order valence-electron chi connectivity index (χ2n) is 30.8. The van der Waals surface area contributed by atoms with Gasteiger partial charge in [0.15, 0.2) is 12.2 Å². The van der Waals surface area contributed by atoms with Crippen LogP contribution in [0.4, 0.5) is 0 Å². The highest BCUT2D eigenvalue weighted by molar-refractivity contribution is 7.47. The number of phosphoric acid groups is 2. The van der Waals surface area contributed by atoms with Gasteiger partial charge in [0.25, 0.3) is 0 Å². The zero-order chi connectivity index (χ0) is 74.9. The molecule has 0 rings (SSSR count). The van der Waals surface area contributed by atoms with E-state index in [1.165, 1.54) is 257 Å². The number of hydrogen-bond acceptors (Lipinski definition) is 15. The molecule has 0 fully saturated rings. The Bertz CT molecular complexity index is 1960. The van der Waals surface area contributed by atoms with Gasteiger partial charge in [-0.2, -0.15) is 0 Å². The molecule has 102 heavy (non-hydrogen) atoms. The second-order valence-corrected chi connectivity index (χ2v) is 33.7. The molecule has 0 aliphatic carbocycles. The molecule has 0 saturated heterocycles. The highest BCUT2D eigenvalue weighted by atomic mass is 31.2. The van der Waals surface area contributed by atoms with Crippen molar-refractivity contribution in [2.75, 3.05) is 39.6 Å². The number of carbonyl (C=O) groups excluding carboxylic acids is 4. The fourth-order valence-corrected chi connectivity index (χ4v) is 14.5. The van der Waals surface area contributed by atoms with Crippen LogP contribution in [0.1, 0.15) is 440 Å². The van der Waals surface area contributed by atoms with Crippen LogP contribution in [0.15, 0.2) is 0 Å². The number of aliphatic hydroxyl groups is 1. The lowest BCUT2D eigenvalue weighted by Crippen LogP contribution is -2.30. The molecule has 2 unspecified atom stereocenters. The van der Waals surface area contributed by atoms with Crippen LogP contribution in [0.3, 0.4) is 0 Å². The van der Waals surface area contributed by atoms with Crippen LogP contribution in [0, 0.1) is 11.8 Å². The molecule has 0 aromatic carbocycles. The molecule has 0 aromatic rings. The van der Waals surface area contributed by atoms with Crippen LogP contribution >= 0.6 is 15.6 Å². The van der Waals surface area contributed by atoms with Crippen molar-refractivity contribution in [3.8, 4) is 0 Å². The zero-order valence-electron chi connectivity index (χ0n) is 66.9. The summed E-state index contributed by atoms with van der Waals surface area (Å²) in [6.45, 7) is 9.70. The summed E-state index contributed by atoms with van der Waals surface area (Å²) in [7, 11) is -9.92. The summed E-state index contributed by atoms with van der Waals surface area (Å²) >= 11 is 0. The lowest BCUT2D eigenvalue weighted by Gasteiger charge is -2.21. The van der Waals surface area contributed by atoms with Gasteiger partial charge in [-0.25, -0.2) is 9.13 Å². The second kappa shape index (κ2) is 74.5. The minimum absolute atomic E-state index is 0.108. The molecule has 606 valence electrons. The molecule has 0 saturated carbocycles. The predicted molar refractivity (Wildman–Crippen MR) is 418 cm³/mol. The topological polar surface area (TPSA) is 237 Å². The van der Waals surface area contributed by atoms with Crippen molar-refractivity contribution in [3.05, 3.63) is 0 Å². The van der Waals surface area contributed by atoms with E-state index in [1.807, 2.05) is 0 Å². The van der Waals surface area contributed by atoms with Gasteiger partial charge in [0.1, 0.15) is 19.3 Å². The summed E-state index contributed by atoms with van der Waals surface area (Å²) in [4.78, 5) is 73.1. The molecule has 19 heteroatoms. The molecule has 0 aromatic heterocycles. The average molecular weight is 1490 g/mol. The third-order valence-corrected chi connectivity index (χ3v) is 21.4. The summed E-state index contributed by atoms with van der Waals surface area (Å²) in [5.41, 5.74) is 0. The highest BCUT2D eigenvalue weighted by Gasteiger charge is 2.30. The molecule has 0 aliphatic rings. The van der Waals surface area contributed by atoms with Gasteiger partial charge in [-0.3, -0.25) is 37.3 Å². The minimum atomic E-state index is -4.96. The molecule has 5 atom stereocenters. The Morgan fingerprint density at radius 3 is 0.667 bits per heavy atom. The minimum Gasteiger partial charge on any atom is -0.462 e. The van der Waals surface area contributed by atoms with E-state index in [9.17, 15) is 43.2 Å². The van der Waals surface area contributed by atoms with Crippen LogP contribution in [0.5, 0.6) is 0 Å². The van der Waals surface area contributed by atoms with E-state index in [0.717, 1.165) is 102 Å². The van der Waals surface area contributed by atoms with Crippen LogP contribution in [-0.2, 0) is 65.4 Å². The fourth-order valence-electron chi connectivity index (χ4n) is 12.9. The lowest BCUT2D eigenvalue weighted by atomic mass is 10.0. The Labute approximate surface area is 626 Å². The Hall–Kier alpha value is -1.94. The normalized spacial score (nSPS) is 13.9. The summed E-state index contributed by atoms with van der Waals surface area (Å²) in [5, 5.41) is 10.7. The quantitative estimate of drug-likeness (QED) is 0.0222. The molecule has 0 aliphatic heterocycles. The van der Waals surface area contributed by atoms with Gasteiger partial charge in [0.2, 0.25) is 0 Å². The van der Waals surface area contributed by atoms with Crippen molar-refractivity contribution in [3.63, 3.8) is 0 Å². The van der Waals surface area contributed by atoms with Crippen LogP contribution < -0.4 is 0 Å². The van der Waals surface area contributed by atoms with Crippen molar-refractivity contribution >= 4 is 39.5 Å². The zero-order valence-corrected chi connectivity index (χ0v) is 68.7. The Kier molecular flexibility index (Phi) is 73.1. The molecule has 0 heterocycles. The molecule has 3 N–H and O–H groups in total. The monoisotopic (exact) mass is 1490 g/mol. The standard InChI is InChI=1S/C83H162O17P2/c1-7-9-11-13-15-17-19-20-21-26-32-37-43-49-55-61-67-82(87)99-78(71-93-80(85)65-59-53-47-41-18-16-14-12-10-8-2)73-97-101(89,90)95-69-77(84)70-96-102(91,92)98-74-79(100-83(88)68-62-56-50-44-38-33-28-23-25-30-35-40-46-52-58-64-76(5)6)72-94-81(86)66-60-54-48-42-36-31-27-22-24-29-34-39-45-51-57-63-75(3)4/h75-79,84H,7-74H2,1-6H3,(H,89,90)(H,91,92)/t77-,78+,79+/m0/s1. The maximum absolute atomic E-state index is 13.1. The smallest absolute Gasteiger partial charge is 0.462 e. The number of hydrogen-bond donors (Lipinski definition) is 3.